The van der Waals surface area contributed by atoms with E-state index in [0.717, 1.165) is 9.88 Å². The molecule has 0 atom stereocenters. The highest BCUT2D eigenvalue weighted by molar-refractivity contribution is 7.24. The third kappa shape index (κ3) is 3.40. The Kier molecular flexibility index (Phi) is 4.79. The maximum atomic E-state index is 12.7. The average Bonchev–Trinajstić information content (AvgIpc) is 3.21. The number of rotatable bonds is 3. The Bertz CT molecular complexity index is 1000. The highest BCUT2D eigenvalue weighted by Gasteiger charge is 2.20. The summed E-state index contributed by atoms with van der Waals surface area (Å²) in [5.41, 5.74) is 1.12. The van der Waals surface area contributed by atoms with E-state index in [1.54, 1.807) is 19.1 Å². The first kappa shape index (κ1) is 17.6. The number of aromatic nitrogens is 1. The molecule has 1 aromatic carbocycles. The number of thiazole rings is 1. The Morgan fingerprint density at radius 1 is 1.15 bits per heavy atom. The van der Waals surface area contributed by atoms with Crippen LogP contribution in [0, 0.1) is 6.92 Å². The number of nitrogens with zero attached hydrogens (tertiary/aromatic N) is 1. The van der Waals surface area contributed by atoms with Crippen LogP contribution in [0.3, 0.4) is 0 Å². The van der Waals surface area contributed by atoms with Gasteiger partial charge in [-0.3, -0.25) is 4.79 Å². The summed E-state index contributed by atoms with van der Waals surface area (Å²) >= 11 is 15.0. The summed E-state index contributed by atoms with van der Waals surface area (Å²) < 4.78 is 11.7. The van der Waals surface area contributed by atoms with Gasteiger partial charge in [0, 0.05) is 12.1 Å². The normalized spacial score (nSPS) is 12.9. The number of amides is 1. The zero-order chi connectivity index (χ0) is 18.3. The van der Waals surface area contributed by atoms with E-state index in [4.69, 9.17) is 32.7 Å². The van der Waals surface area contributed by atoms with Crippen molar-refractivity contribution in [3.8, 4) is 21.4 Å². The minimum absolute atomic E-state index is 0.271. The number of nitrogens with one attached hydrogen (secondary N) is 1. The van der Waals surface area contributed by atoms with Gasteiger partial charge in [-0.15, -0.1) is 22.7 Å². The molecule has 0 fully saturated rings. The van der Waals surface area contributed by atoms with Crippen molar-refractivity contribution in [3.05, 3.63) is 44.2 Å². The molecule has 0 bridgehead atoms. The summed E-state index contributed by atoms with van der Waals surface area (Å²) in [6.07, 6.45) is 0. The molecule has 0 spiro atoms. The standard InChI is InChI=1S/C17H12Cl2N2O3S2/c1-8-15(26-17(20-8)13-2-3-14(19)25-13)16(22)21-10-7-12-11(6-9(10)18)23-4-5-24-12/h2-3,6-7H,4-5H2,1H3,(H,21,22). The Morgan fingerprint density at radius 2 is 1.88 bits per heavy atom. The van der Waals surface area contributed by atoms with Crippen LogP contribution in [0.4, 0.5) is 5.69 Å². The lowest BCUT2D eigenvalue weighted by Crippen LogP contribution is -2.16. The number of aryl methyl sites for hydroxylation is 1. The van der Waals surface area contributed by atoms with Crippen LogP contribution in [0.5, 0.6) is 11.5 Å². The number of hydrogen-bond donors (Lipinski definition) is 1. The summed E-state index contributed by atoms with van der Waals surface area (Å²) in [7, 11) is 0. The Balaban J connectivity index is 1.60. The topological polar surface area (TPSA) is 60.5 Å². The molecule has 9 heteroatoms. The molecule has 0 radical (unpaired) electrons. The number of benzene rings is 1. The molecule has 0 unspecified atom stereocenters. The average molecular weight is 427 g/mol. The number of carbonyl (C=O) groups is 1. The molecule has 4 rings (SSSR count). The van der Waals surface area contributed by atoms with Crippen molar-refractivity contribution in [2.75, 3.05) is 18.5 Å². The first-order valence-corrected chi connectivity index (χ1v) is 10.0. The van der Waals surface area contributed by atoms with Crippen LogP contribution in [-0.4, -0.2) is 24.1 Å². The van der Waals surface area contributed by atoms with E-state index in [9.17, 15) is 4.79 Å². The number of halogens is 2. The fourth-order valence-corrected chi connectivity index (χ4v) is 4.74. The fraction of sp³-hybridized carbons (Fsp3) is 0.176. The van der Waals surface area contributed by atoms with Gasteiger partial charge < -0.3 is 14.8 Å². The van der Waals surface area contributed by atoms with Gasteiger partial charge in [-0.05, 0) is 19.1 Å². The lowest BCUT2D eigenvalue weighted by molar-refractivity contribution is 0.102. The van der Waals surface area contributed by atoms with E-state index in [2.05, 4.69) is 10.3 Å². The molecule has 26 heavy (non-hydrogen) atoms. The van der Waals surface area contributed by atoms with Crippen LogP contribution >= 0.6 is 45.9 Å². The quantitative estimate of drug-likeness (QED) is 0.599. The molecule has 1 amide bonds. The molecule has 3 aromatic rings. The van der Waals surface area contributed by atoms with Gasteiger partial charge in [0.25, 0.3) is 5.91 Å². The number of anilines is 1. The second-order valence-electron chi connectivity index (χ2n) is 5.47. The summed E-state index contributed by atoms with van der Waals surface area (Å²) in [6.45, 7) is 2.74. The molecule has 3 heterocycles. The summed E-state index contributed by atoms with van der Waals surface area (Å²) in [6, 6.07) is 7.02. The smallest absolute Gasteiger partial charge is 0.267 e. The maximum absolute atomic E-state index is 12.7. The number of hydrogen-bond acceptors (Lipinski definition) is 6. The van der Waals surface area contributed by atoms with Crippen molar-refractivity contribution < 1.29 is 14.3 Å². The van der Waals surface area contributed by atoms with Gasteiger partial charge in [0.1, 0.15) is 23.1 Å². The van der Waals surface area contributed by atoms with Crippen molar-refractivity contribution in [2.45, 2.75) is 6.92 Å². The van der Waals surface area contributed by atoms with E-state index < -0.39 is 0 Å². The predicted octanol–water partition coefficient (Wildman–Crippen LogP) is 5.51. The molecule has 1 aliphatic rings. The van der Waals surface area contributed by atoms with Crippen molar-refractivity contribution in [2.24, 2.45) is 0 Å². The van der Waals surface area contributed by atoms with Gasteiger partial charge in [-0.1, -0.05) is 23.2 Å². The van der Waals surface area contributed by atoms with Gasteiger partial charge in [-0.25, -0.2) is 4.98 Å². The first-order valence-electron chi connectivity index (χ1n) is 7.65. The van der Waals surface area contributed by atoms with Gasteiger partial charge >= 0.3 is 0 Å². The van der Waals surface area contributed by atoms with E-state index in [1.165, 1.54) is 22.7 Å². The molecule has 134 valence electrons. The van der Waals surface area contributed by atoms with Crippen LogP contribution in [0.2, 0.25) is 9.36 Å². The van der Waals surface area contributed by atoms with Gasteiger partial charge in [0.2, 0.25) is 0 Å². The SMILES string of the molecule is Cc1nc(-c2ccc(Cl)s2)sc1C(=O)Nc1cc2c(cc1Cl)OCCO2. The van der Waals surface area contributed by atoms with Crippen molar-refractivity contribution >= 4 is 57.5 Å². The number of thiophene rings is 1. The van der Waals surface area contributed by atoms with Crippen LogP contribution < -0.4 is 14.8 Å². The molecule has 1 aliphatic heterocycles. The zero-order valence-corrected chi connectivity index (χ0v) is 16.6. The molecular formula is C17H12Cl2N2O3S2. The summed E-state index contributed by atoms with van der Waals surface area (Å²) in [5, 5.41) is 3.97. The van der Waals surface area contributed by atoms with Crippen LogP contribution in [0.25, 0.3) is 9.88 Å². The highest BCUT2D eigenvalue weighted by atomic mass is 35.5. The van der Waals surface area contributed by atoms with Gasteiger partial charge in [0.15, 0.2) is 11.5 Å². The van der Waals surface area contributed by atoms with Crippen molar-refractivity contribution in [1.82, 2.24) is 4.98 Å². The third-order valence-corrected chi connectivity index (χ3v) is 6.54. The first-order chi connectivity index (χ1) is 12.5. The number of fused-ring (bicyclic) bond motifs is 1. The molecular weight excluding hydrogens is 415 g/mol. The Morgan fingerprint density at radius 3 is 2.58 bits per heavy atom. The monoisotopic (exact) mass is 426 g/mol. The van der Waals surface area contributed by atoms with Crippen molar-refractivity contribution in [1.29, 1.82) is 0 Å². The molecule has 0 saturated heterocycles. The van der Waals surface area contributed by atoms with Crippen LogP contribution in [-0.2, 0) is 0 Å². The Hall–Kier alpha value is -1.80. The second-order valence-corrected chi connectivity index (χ2v) is 8.59. The Labute approximate surface area is 167 Å². The molecule has 5 nitrogen and oxygen atoms in total. The minimum Gasteiger partial charge on any atom is -0.486 e. The van der Waals surface area contributed by atoms with Gasteiger partial charge in [-0.2, -0.15) is 0 Å². The van der Waals surface area contributed by atoms with Crippen LogP contribution in [0.1, 0.15) is 15.4 Å². The minimum atomic E-state index is -0.271. The van der Waals surface area contributed by atoms with E-state index in [1.807, 2.05) is 12.1 Å². The van der Waals surface area contributed by atoms with E-state index in [-0.39, 0.29) is 5.91 Å². The van der Waals surface area contributed by atoms with E-state index >= 15 is 0 Å². The largest absolute Gasteiger partial charge is 0.486 e. The predicted molar refractivity (Wildman–Crippen MR) is 106 cm³/mol. The lowest BCUT2D eigenvalue weighted by atomic mass is 10.2. The number of carbonyl (C=O) groups excluding carboxylic acids is 1. The summed E-state index contributed by atoms with van der Waals surface area (Å²) in [5.74, 6) is 0.864. The molecule has 0 aliphatic carbocycles. The van der Waals surface area contributed by atoms with Gasteiger partial charge in [0.05, 0.1) is 25.6 Å². The van der Waals surface area contributed by atoms with Crippen LogP contribution in [0.15, 0.2) is 24.3 Å². The van der Waals surface area contributed by atoms with E-state index in [0.29, 0.717) is 50.3 Å². The fourth-order valence-electron chi connectivity index (χ4n) is 2.48. The lowest BCUT2D eigenvalue weighted by Gasteiger charge is -2.19. The second kappa shape index (κ2) is 7.08. The summed E-state index contributed by atoms with van der Waals surface area (Å²) in [4.78, 5) is 18.6. The maximum Gasteiger partial charge on any atom is 0.267 e. The third-order valence-electron chi connectivity index (χ3n) is 3.67. The molecule has 2 aromatic heterocycles. The number of ether oxygens (including phenoxy) is 2. The molecule has 0 saturated carbocycles. The van der Waals surface area contributed by atoms with Crippen molar-refractivity contribution in [3.63, 3.8) is 0 Å². The highest BCUT2D eigenvalue weighted by Crippen LogP contribution is 2.39. The molecule has 1 N–H and O–H groups in total. The zero-order valence-electron chi connectivity index (χ0n) is 13.5.